The van der Waals surface area contributed by atoms with Gasteiger partial charge in [0, 0.05) is 36.4 Å². The molecule has 0 fully saturated rings. The van der Waals surface area contributed by atoms with E-state index in [9.17, 15) is 23.1 Å². The Balaban J connectivity index is 1.60. The number of ether oxygens (including phenoxy) is 2. The third-order valence-electron chi connectivity index (χ3n) is 7.41. The standard InChI is InChI=1S/C31H38N4O7S/c1-21-18-35(22(2)20-36)30(37)17-23-16-25(33-31(38)32-24-10-13-26(41-4)14-11-24)12-15-28(23)42-29(21)19-34(3)43(39,40)27-8-6-5-7-9-27/h5-16,21-22,29,36H,17-20H2,1-4H3,(H2,32,33,38)/t21-,22+,29+/m1/s1. The summed E-state index contributed by atoms with van der Waals surface area (Å²) in [6.45, 7) is 3.70. The number of likely N-dealkylation sites (N-methyl/N-ethyl adjacent to an activating group) is 1. The van der Waals surface area contributed by atoms with Gasteiger partial charge in [0.2, 0.25) is 15.9 Å². The number of rotatable bonds is 9. The fourth-order valence-electron chi connectivity index (χ4n) is 4.82. The molecule has 3 amide bonds. The summed E-state index contributed by atoms with van der Waals surface area (Å²) < 4.78 is 39.4. The Kier molecular flexibility index (Phi) is 10.3. The van der Waals surface area contributed by atoms with Gasteiger partial charge in [-0.05, 0) is 61.5 Å². The van der Waals surface area contributed by atoms with Gasteiger partial charge < -0.3 is 30.1 Å². The Bertz CT molecular complexity index is 1520. The van der Waals surface area contributed by atoms with Crippen molar-refractivity contribution < 1.29 is 32.6 Å². The molecule has 0 spiro atoms. The van der Waals surface area contributed by atoms with Gasteiger partial charge in [0.25, 0.3) is 0 Å². The number of nitrogens with one attached hydrogen (secondary N) is 2. The fourth-order valence-corrected chi connectivity index (χ4v) is 6.02. The molecule has 3 aromatic rings. The number of anilines is 2. The molecule has 1 aliphatic heterocycles. The molecule has 3 aromatic carbocycles. The number of urea groups is 1. The summed E-state index contributed by atoms with van der Waals surface area (Å²) in [5.74, 6) is 0.568. The van der Waals surface area contributed by atoms with E-state index < -0.39 is 28.2 Å². The van der Waals surface area contributed by atoms with E-state index in [0.29, 0.717) is 28.4 Å². The zero-order chi connectivity index (χ0) is 31.1. The van der Waals surface area contributed by atoms with E-state index in [0.717, 1.165) is 0 Å². The monoisotopic (exact) mass is 610 g/mol. The third-order valence-corrected chi connectivity index (χ3v) is 9.25. The smallest absolute Gasteiger partial charge is 0.323 e. The normalized spacial score (nSPS) is 18.0. The molecule has 3 atom stereocenters. The van der Waals surface area contributed by atoms with Gasteiger partial charge in [-0.3, -0.25) is 4.79 Å². The number of benzene rings is 3. The highest BCUT2D eigenvalue weighted by Gasteiger charge is 2.33. The van der Waals surface area contributed by atoms with Crippen molar-refractivity contribution in [1.29, 1.82) is 0 Å². The molecule has 11 nitrogen and oxygen atoms in total. The first-order chi connectivity index (χ1) is 20.5. The molecule has 0 bridgehead atoms. The third kappa shape index (κ3) is 7.83. The summed E-state index contributed by atoms with van der Waals surface area (Å²) in [4.78, 5) is 27.9. The molecule has 0 saturated carbocycles. The second kappa shape index (κ2) is 13.9. The lowest BCUT2D eigenvalue weighted by Gasteiger charge is -2.33. The molecule has 4 rings (SSSR count). The Morgan fingerprint density at radius 3 is 2.40 bits per heavy atom. The van der Waals surface area contributed by atoms with E-state index in [1.54, 1.807) is 79.6 Å². The van der Waals surface area contributed by atoms with Crippen molar-refractivity contribution in [2.75, 3.05) is 44.5 Å². The highest BCUT2D eigenvalue weighted by atomic mass is 32.2. The molecule has 1 heterocycles. The Morgan fingerprint density at radius 1 is 1.09 bits per heavy atom. The van der Waals surface area contributed by atoms with Gasteiger partial charge in [0.15, 0.2) is 0 Å². The molecular weight excluding hydrogens is 572 g/mol. The molecule has 43 heavy (non-hydrogen) atoms. The molecular formula is C31H38N4O7S. The van der Waals surface area contributed by atoms with Gasteiger partial charge in [-0.2, -0.15) is 4.31 Å². The number of aliphatic hydroxyl groups excluding tert-OH is 1. The van der Waals surface area contributed by atoms with Crippen molar-refractivity contribution in [2.24, 2.45) is 5.92 Å². The van der Waals surface area contributed by atoms with Crippen molar-refractivity contribution in [1.82, 2.24) is 9.21 Å². The maximum atomic E-state index is 13.5. The summed E-state index contributed by atoms with van der Waals surface area (Å²) in [7, 11) is -0.735. The lowest BCUT2D eigenvalue weighted by molar-refractivity contribution is -0.134. The Labute approximate surface area is 252 Å². The summed E-state index contributed by atoms with van der Waals surface area (Å²) in [5, 5.41) is 15.4. The number of carbonyl (C=O) groups is 2. The highest BCUT2D eigenvalue weighted by Crippen LogP contribution is 2.30. The molecule has 230 valence electrons. The zero-order valence-electron chi connectivity index (χ0n) is 24.7. The summed E-state index contributed by atoms with van der Waals surface area (Å²) in [6, 6.07) is 19.1. The Morgan fingerprint density at radius 2 is 1.74 bits per heavy atom. The van der Waals surface area contributed by atoms with Crippen LogP contribution in [0.5, 0.6) is 11.5 Å². The van der Waals surface area contributed by atoms with Gasteiger partial charge in [-0.15, -0.1) is 0 Å². The van der Waals surface area contributed by atoms with Crippen molar-refractivity contribution in [3.63, 3.8) is 0 Å². The predicted molar refractivity (Wildman–Crippen MR) is 164 cm³/mol. The van der Waals surface area contributed by atoms with Gasteiger partial charge in [-0.1, -0.05) is 25.1 Å². The van der Waals surface area contributed by atoms with Crippen LogP contribution in [0.4, 0.5) is 16.2 Å². The molecule has 1 aliphatic rings. The average molecular weight is 611 g/mol. The molecule has 12 heteroatoms. The van der Waals surface area contributed by atoms with Crippen molar-refractivity contribution >= 4 is 33.3 Å². The number of aliphatic hydroxyl groups is 1. The summed E-state index contributed by atoms with van der Waals surface area (Å²) in [5.41, 5.74) is 1.53. The first-order valence-corrected chi connectivity index (χ1v) is 15.4. The van der Waals surface area contributed by atoms with Crippen LogP contribution >= 0.6 is 0 Å². The number of hydrogen-bond donors (Lipinski definition) is 3. The number of sulfonamides is 1. The number of fused-ring (bicyclic) bond motifs is 1. The molecule has 0 unspecified atom stereocenters. The van der Waals surface area contributed by atoms with Crippen LogP contribution in [0.2, 0.25) is 0 Å². The number of amides is 3. The first kappa shape index (κ1) is 31.8. The first-order valence-electron chi connectivity index (χ1n) is 13.9. The lowest BCUT2D eigenvalue weighted by atomic mass is 10.0. The van der Waals surface area contributed by atoms with Crippen LogP contribution in [0, 0.1) is 5.92 Å². The molecule has 3 N–H and O–H groups in total. The van der Waals surface area contributed by atoms with E-state index in [2.05, 4.69) is 10.6 Å². The molecule has 0 aliphatic carbocycles. The second-order valence-corrected chi connectivity index (χ2v) is 12.7. The van der Waals surface area contributed by atoms with Gasteiger partial charge in [0.1, 0.15) is 17.6 Å². The SMILES string of the molecule is COc1ccc(NC(=O)Nc2ccc3c(c2)CC(=O)N([C@@H](C)CO)C[C@@H](C)[C@H](CN(C)S(=O)(=O)c2ccccc2)O3)cc1. The van der Waals surface area contributed by atoms with E-state index in [4.69, 9.17) is 9.47 Å². The Hall–Kier alpha value is -4.13. The minimum atomic E-state index is -3.79. The molecule has 0 aromatic heterocycles. The topological polar surface area (TPSA) is 138 Å². The highest BCUT2D eigenvalue weighted by molar-refractivity contribution is 7.89. The number of methoxy groups -OCH3 is 1. The zero-order valence-corrected chi connectivity index (χ0v) is 25.5. The number of nitrogens with zero attached hydrogens (tertiary/aromatic N) is 2. The molecule has 0 radical (unpaired) electrons. The fraction of sp³-hybridized carbons (Fsp3) is 0.355. The van der Waals surface area contributed by atoms with Crippen LogP contribution in [0.3, 0.4) is 0 Å². The van der Waals surface area contributed by atoms with Crippen molar-refractivity contribution in [3.8, 4) is 11.5 Å². The number of carbonyl (C=O) groups excluding carboxylic acids is 2. The van der Waals surface area contributed by atoms with E-state index in [-0.39, 0.29) is 42.8 Å². The minimum Gasteiger partial charge on any atom is -0.497 e. The largest absolute Gasteiger partial charge is 0.497 e. The average Bonchev–Trinajstić information content (AvgIpc) is 3.04. The maximum Gasteiger partial charge on any atom is 0.323 e. The summed E-state index contributed by atoms with van der Waals surface area (Å²) >= 11 is 0. The second-order valence-electron chi connectivity index (χ2n) is 10.6. The van der Waals surface area contributed by atoms with Crippen LogP contribution in [-0.4, -0.2) is 80.7 Å². The van der Waals surface area contributed by atoms with Gasteiger partial charge in [0.05, 0.1) is 37.6 Å². The van der Waals surface area contributed by atoms with Crippen LogP contribution in [0.1, 0.15) is 19.4 Å². The number of hydrogen-bond acceptors (Lipinski definition) is 7. The quantitative estimate of drug-likeness (QED) is 0.335. The van der Waals surface area contributed by atoms with E-state index >= 15 is 0 Å². The predicted octanol–water partition coefficient (Wildman–Crippen LogP) is 3.81. The van der Waals surface area contributed by atoms with E-state index in [1.807, 2.05) is 6.92 Å². The van der Waals surface area contributed by atoms with E-state index in [1.165, 1.54) is 23.5 Å². The molecule has 0 saturated heterocycles. The van der Waals surface area contributed by atoms with Crippen molar-refractivity contribution in [2.45, 2.75) is 37.3 Å². The van der Waals surface area contributed by atoms with Crippen molar-refractivity contribution in [3.05, 3.63) is 78.4 Å². The van der Waals surface area contributed by atoms with Crippen LogP contribution < -0.4 is 20.1 Å². The summed E-state index contributed by atoms with van der Waals surface area (Å²) in [6.07, 6.45) is -0.661. The van der Waals surface area contributed by atoms with Crippen LogP contribution in [0.15, 0.2) is 77.7 Å². The van der Waals surface area contributed by atoms with Crippen LogP contribution in [0.25, 0.3) is 0 Å². The van der Waals surface area contributed by atoms with Gasteiger partial charge >= 0.3 is 6.03 Å². The minimum absolute atomic E-state index is 0.0254. The van der Waals surface area contributed by atoms with Gasteiger partial charge in [-0.25, -0.2) is 13.2 Å². The lowest BCUT2D eigenvalue weighted by Crippen LogP contribution is -2.48. The van der Waals surface area contributed by atoms with Crippen LogP contribution in [-0.2, 0) is 21.2 Å². The maximum absolute atomic E-state index is 13.5.